The quantitative estimate of drug-likeness (QED) is 0.643. The Balaban J connectivity index is 2.01. The van der Waals surface area contributed by atoms with E-state index in [9.17, 15) is 5.11 Å². The Labute approximate surface area is 123 Å². The van der Waals surface area contributed by atoms with Crippen molar-refractivity contribution in [2.24, 2.45) is 0 Å². The molecule has 2 aromatic heterocycles. The van der Waals surface area contributed by atoms with Gasteiger partial charge < -0.3 is 15.2 Å². The topological polar surface area (TPSA) is 60.1 Å². The molecule has 0 saturated carbocycles. The van der Waals surface area contributed by atoms with Crippen molar-refractivity contribution in [3.63, 3.8) is 0 Å². The summed E-state index contributed by atoms with van der Waals surface area (Å²) in [5.41, 5.74) is 2.95. The molecule has 1 aromatic carbocycles. The van der Waals surface area contributed by atoms with Gasteiger partial charge in [0, 0.05) is 40.2 Å². The maximum Gasteiger partial charge on any atom is 0.172 e. The molecule has 3 aromatic rings. The van der Waals surface area contributed by atoms with Gasteiger partial charge >= 0.3 is 0 Å². The van der Waals surface area contributed by atoms with Crippen LogP contribution in [-0.4, -0.2) is 21.8 Å². The second kappa shape index (κ2) is 5.58. The molecular formula is C17H19N2O2+. The van der Waals surface area contributed by atoms with Crippen LogP contribution in [0.15, 0.2) is 48.9 Å². The van der Waals surface area contributed by atoms with Crippen molar-refractivity contribution in [2.75, 3.05) is 6.61 Å². The number of phenols is 1. The highest BCUT2D eigenvalue weighted by Gasteiger charge is 2.17. The third kappa shape index (κ3) is 2.50. The van der Waals surface area contributed by atoms with E-state index in [2.05, 4.69) is 11.9 Å². The fourth-order valence-corrected chi connectivity index (χ4v) is 2.72. The minimum Gasteiger partial charge on any atom is -0.507 e. The first-order valence-corrected chi connectivity index (χ1v) is 7.09. The van der Waals surface area contributed by atoms with Crippen LogP contribution in [0.3, 0.4) is 0 Å². The molecule has 4 heteroatoms. The minimum atomic E-state index is 0.0791. The predicted molar refractivity (Wildman–Crippen MR) is 81.2 cm³/mol. The molecule has 0 amide bonds. The second-order valence-corrected chi connectivity index (χ2v) is 5.26. The second-order valence-electron chi connectivity index (χ2n) is 5.26. The lowest BCUT2D eigenvalue weighted by molar-refractivity contribution is -0.698. The first-order chi connectivity index (χ1) is 10.2. The normalized spacial score (nSPS) is 12.7. The number of benzene rings is 1. The van der Waals surface area contributed by atoms with Crippen molar-refractivity contribution in [1.82, 2.24) is 4.98 Å². The largest absolute Gasteiger partial charge is 0.507 e. The lowest BCUT2D eigenvalue weighted by Crippen LogP contribution is -2.35. The number of nitrogens with one attached hydrogen (secondary N) is 1. The van der Waals surface area contributed by atoms with Crippen molar-refractivity contribution in [1.29, 1.82) is 0 Å². The Morgan fingerprint density at radius 2 is 2.10 bits per heavy atom. The van der Waals surface area contributed by atoms with Gasteiger partial charge in [0.25, 0.3) is 0 Å². The molecule has 3 N–H and O–H groups in total. The number of aliphatic hydroxyl groups is 1. The minimum absolute atomic E-state index is 0.0791. The third-order valence-corrected chi connectivity index (χ3v) is 3.94. The Morgan fingerprint density at radius 3 is 2.90 bits per heavy atom. The van der Waals surface area contributed by atoms with Crippen LogP contribution in [0.25, 0.3) is 10.9 Å². The highest BCUT2D eigenvalue weighted by atomic mass is 16.3. The van der Waals surface area contributed by atoms with E-state index in [0.717, 1.165) is 22.0 Å². The van der Waals surface area contributed by atoms with Gasteiger partial charge in [-0.15, -0.1) is 0 Å². The van der Waals surface area contributed by atoms with E-state index in [1.807, 2.05) is 53.5 Å². The van der Waals surface area contributed by atoms with Crippen molar-refractivity contribution < 1.29 is 14.8 Å². The van der Waals surface area contributed by atoms with Crippen molar-refractivity contribution >= 4 is 10.9 Å². The summed E-state index contributed by atoms with van der Waals surface area (Å²) in [5, 5.41) is 20.4. The summed E-state index contributed by atoms with van der Waals surface area (Å²) in [6.07, 6.45) is 5.78. The lowest BCUT2D eigenvalue weighted by atomic mass is 9.92. The van der Waals surface area contributed by atoms with Gasteiger partial charge in [-0.2, -0.15) is 0 Å². The van der Waals surface area contributed by atoms with Gasteiger partial charge in [0.2, 0.25) is 0 Å². The Kier molecular flexibility index (Phi) is 3.62. The van der Waals surface area contributed by atoms with E-state index in [4.69, 9.17) is 5.11 Å². The van der Waals surface area contributed by atoms with Gasteiger partial charge in [0.1, 0.15) is 12.4 Å². The summed E-state index contributed by atoms with van der Waals surface area (Å²) < 4.78 is 1.96. The molecule has 0 radical (unpaired) electrons. The summed E-state index contributed by atoms with van der Waals surface area (Å²) in [6.45, 7) is 2.76. The number of hydrogen-bond acceptors (Lipinski definition) is 2. The first kappa shape index (κ1) is 13.6. The molecule has 0 aliphatic carbocycles. The Hall–Kier alpha value is -2.33. The molecule has 0 saturated heterocycles. The SMILES string of the molecule is CC(c1ccc[n+](CCO)c1)c1ccc2[nH]ccc2c1O. The molecule has 1 atom stereocenters. The fraction of sp³-hybridized carbons (Fsp3) is 0.235. The zero-order valence-corrected chi connectivity index (χ0v) is 12.0. The summed E-state index contributed by atoms with van der Waals surface area (Å²) in [7, 11) is 0. The third-order valence-electron chi connectivity index (χ3n) is 3.94. The molecule has 3 rings (SSSR count). The smallest absolute Gasteiger partial charge is 0.172 e. The molecule has 0 spiro atoms. The van der Waals surface area contributed by atoms with Gasteiger partial charge in [-0.3, -0.25) is 0 Å². The summed E-state index contributed by atoms with van der Waals surface area (Å²) in [4.78, 5) is 3.10. The summed E-state index contributed by atoms with van der Waals surface area (Å²) >= 11 is 0. The number of fused-ring (bicyclic) bond motifs is 1. The molecule has 4 nitrogen and oxygen atoms in total. The van der Waals surface area contributed by atoms with Crippen molar-refractivity contribution in [3.05, 3.63) is 60.0 Å². The van der Waals surface area contributed by atoms with E-state index >= 15 is 0 Å². The average molecular weight is 283 g/mol. The van der Waals surface area contributed by atoms with E-state index < -0.39 is 0 Å². The molecule has 2 heterocycles. The van der Waals surface area contributed by atoms with Crippen LogP contribution in [0, 0.1) is 0 Å². The number of aromatic amines is 1. The van der Waals surface area contributed by atoms with Crippen molar-refractivity contribution in [2.45, 2.75) is 19.4 Å². The van der Waals surface area contributed by atoms with Gasteiger partial charge in [-0.25, -0.2) is 4.57 Å². The van der Waals surface area contributed by atoms with Crippen LogP contribution < -0.4 is 4.57 Å². The number of aliphatic hydroxyl groups excluding tert-OH is 1. The van der Waals surface area contributed by atoms with Crippen LogP contribution in [0.4, 0.5) is 0 Å². The van der Waals surface area contributed by atoms with Crippen LogP contribution in [0.5, 0.6) is 5.75 Å². The molecule has 108 valence electrons. The van der Waals surface area contributed by atoms with Crippen molar-refractivity contribution in [3.8, 4) is 5.75 Å². The molecule has 0 aliphatic heterocycles. The monoisotopic (exact) mass is 283 g/mol. The molecule has 1 unspecified atom stereocenters. The maximum atomic E-state index is 10.5. The van der Waals surface area contributed by atoms with E-state index in [1.165, 1.54) is 0 Å². The van der Waals surface area contributed by atoms with E-state index in [-0.39, 0.29) is 12.5 Å². The van der Waals surface area contributed by atoms with Gasteiger partial charge in [0.15, 0.2) is 18.9 Å². The zero-order chi connectivity index (χ0) is 14.8. The number of aromatic nitrogens is 2. The summed E-state index contributed by atoms with van der Waals surface area (Å²) in [5.74, 6) is 0.411. The van der Waals surface area contributed by atoms with E-state index in [1.54, 1.807) is 0 Å². The van der Waals surface area contributed by atoms with Gasteiger partial charge in [0.05, 0.1) is 0 Å². The number of aromatic hydroxyl groups is 1. The first-order valence-electron chi connectivity index (χ1n) is 7.09. The lowest BCUT2D eigenvalue weighted by Gasteiger charge is -2.13. The molecule has 0 aliphatic rings. The van der Waals surface area contributed by atoms with Crippen LogP contribution in [0.1, 0.15) is 24.0 Å². The summed E-state index contributed by atoms with van der Waals surface area (Å²) in [6, 6.07) is 9.85. The molecule has 0 bridgehead atoms. The van der Waals surface area contributed by atoms with Gasteiger partial charge in [-0.1, -0.05) is 13.0 Å². The highest BCUT2D eigenvalue weighted by Crippen LogP contribution is 2.35. The number of H-pyrrole nitrogens is 1. The Bertz CT molecular complexity index is 764. The van der Waals surface area contributed by atoms with Gasteiger partial charge in [-0.05, 0) is 18.2 Å². The van der Waals surface area contributed by atoms with Crippen LogP contribution in [0.2, 0.25) is 0 Å². The number of pyridine rings is 1. The van der Waals surface area contributed by atoms with Crippen LogP contribution >= 0.6 is 0 Å². The number of phenolic OH excluding ortho intramolecular Hbond substituents is 1. The predicted octanol–water partition coefficient (Wildman–Crippen LogP) is 2.31. The number of hydrogen-bond donors (Lipinski definition) is 3. The molecular weight excluding hydrogens is 264 g/mol. The standard InChI is InChI=1S/C17H18N2O2/c1-12(13-3-2-8-19(11-13)9-10-20)14-4-5-16-15(17(14)21)6-7-18-16/h2-8,11-12,18,20H,9-10H2,1H3/p+1. The van der Waals surface area contributed by atoms with E-state index in [0.29, 0.717) is 12.3 Å². The molecule has 21 heavy (non-hydrogen) atoms. The maximum absolute atomic E-state index is 10.5. The van der Waals surface area contributed by atoms with Crippen LogP contribution in [-0.2, 0) is 6.54 Å². The average Bonchev–Trinajstić information content (AvgIpc) is 2.97. The highest BCUT2D eigenvalue weighted by molar-refractivity contribution is 5.87. The molecule has 0 fully saturated rings. The zero-order valence-electron chi connectivity index (χ0n) is 12.0. The number of nitrogens with zero attached hydrogens (tertiary/aromatic N) is 1. The fourth-order valence-electron chi connectivity index (χ4n) is 2.72. The number of rotatable bonds is 4. The Morgan fingerprint density at radius 1 is 1.24 bits per heavy atom.